The van der Waals surface area contributed by atoms with E-state index in [9.17, 15) is 28.0 Å². The smallest absolute Gasteiger partial charge is 0.267 e. The first kappa shape index (κ1) is 39.8. The van der Waals surface area contributed by atoms with Gasteiger partial charge in [0, 0.05) is 0 Å². The largest absolute Gasteiger partial charge is 0.387 e. The lowest BCUT2D eigenvalue weighted by atomic mass is 10.0. The van der Waals surface area contributed by atoms with Crippen LogP contribution >= 0.6 is 0 Å². The second kappa shape index (κ2) is 27.6. The molecule has 0 aliphatic carbocycles. The molecule has 0 fully saturated rings. The molecule has 3 unspecified atom stereocenters. The SMILES string of the molecule is CCCCCCC/C=C/CC/C=C/C(O)C(CS(=O)(=O)O)NC(=O)C(O)CCCCCCCCCCCCCCC. The number of aliphatic hydroxyl groups is 2. The van der Waals surface area contributed by atoms with E-state index in [1.807, 2.05) is 0 Å². The predicted molar refractivity (Wildman–Crippen MR) is 172 cm³/mol. The fourth-order valence-corrected chi connectivity index (χ4v) is 5.62. The summed E-state index contributed by atoms with van der Waals surface area (Å²) in [5.74, 6) is -1.56. The maximum Gasteiger partial charge on any atom is 0.267 e. The highest BCUT2D eigenvalue weighted by molar-refractivity contribution is 7.85. The summed E-state index contributed by atoms with van der Waals surface area (Å²) in [5.41, 5.74) is 0. The van der Waals surface area contributed by atoms with Gasteiger partial charge in [0.25, 0.3) is 10.1 Å². The van der Waals surface area contributed by atoms with Gasteiger partial charge in [-0.2, -0.15) is 8.42 Å². The summed E-state index contributed by atoms with van der Waals surface area (Å²) in [7, 11) is -4.44. The lowest BCUT2D eigenvalue weighted by Crippen LogP contribution is -2.50. The molecule has 0 radical (unpaired) electrons. The maximum absolute atomic E-state index is 12.5. The predicted octanol–water partition coefficient (Wildman–Crippen LogP) is 7.82. The maximum atomic E-state index is 12.5. The molecular weight excluding hydrogens is 538 g/mol. The van der Waals surface area contributed by atoms with Crippen LogP contribution in [-0.2, 0) is 14.9 Å². The summed E-state index contributed by atoms with van der Waals surface area (Å²) in [5, 5.41) is 23.2. The third-order valence-corrected chi connectivity index (χ3v) is 8.27. The van der Waals surface area contributed by atoms with Gasteiger partial charge in [0.2, 0.25) is 5.91 Å². The van der Waals surface area contributed by atoms with Crippen molar-refractivity contribution in [3.05, 3.63) is 24.3 Å². The molecule has 0 saturated carbocycles. The van der Waals surface area contributed by atoms with Crippen molar-refractivity contribution in [2.45, 2.75) is 173 Å². The van der Waals surface area contributed by atoms with Gasteiger partial charge in [-0.15, -0.1) is 0 Å². The topological polar surface area (TPSA) is 124 Å². The first-order chi connectivity index (χ1) is 19.7. The number of rotatable bonds is 29. The highest BCUT2D eigenvalue weighted by atomic mass is 32.2. The highest BCUT2D eigenvalue weighted by Crippen LogP contribution is 2.14. The second-order valence-corrected chi connectivity index (χ2v) is 13.1. The number of hydrogen-bond acceptors (Lipinski definition) is 5. The van der Waals surface area contributed by atoms with Crippen LogP contribution in [0.5, 0.6) is 0 Å². The summed E-state index contributed by atoms with van der Waals surface area (Å²) in [4.78, 5) is 12.5. The number of aliphatic hydroxyl groups excluding tert-OH is 2. The van der Waals surface area contributed by atoms with E-state index in [0.717, 1.165) is 32.1 Å². The Morgan fingerprint density at radius 2 is 1.10 bits per heavy atom. The Morgan fingerprint density at radius 1 is 0.659 bits per heavy atom. The lowest BCUT2D eigenvalue weighted by Gasteiger charge is -2.22. The zero-order valence-electron chi connectivity index (χ0n) is 26.3. The molecule has 1 amide bonds. The molecule has 0 aliphatic heterocycles. The number of carbonyl (C=O) groups excluding carboxylic acids is 1. The molecule has 0 aliphatic rings. The van der Waals surface area contributed by atoms with E-state index >= 15 is 0 Å². The molecule has 0 rings (SSSR count). The van der Waals surface area contributed by atoms with E-state index in [-0.39, 0.29) is 6.42 Å². The van der Waals surface area contributed by atoms with Gasteiger partial charge in [-0.05, 0) is 32.1 Å². The molecule has 0 aromatic heterocycles. The number of hydrogen-bond donors (Lipinski definition) is 4. The van der Waals surface area contributed by atoms with Crippen molar-refractivity contribution < 1.29 is 28.0 Å². The molecule has 8 heteroatoms. The van der Waals surface area contributed by atoms with E-state index < -0.39 is 40.0 Å². The van der Waals surface area contributed by atoms with Crippen molar-refractivity contribution in [1.29, 1.82) is 0 Å². The Morgan fingerprint density at radius 3 is 1.61 bits per heavy atom. The first-order valence-corrected chi connectivity index (χ1v) is 18.3. The number of amides is 1. The standard InChI is InChI=1S/C33H63NO6S/c1-3-5-7-9-11-13-15-16-18-20-22-24-26-28-32(36)33(37)34-30(29-41(38,39)40)31(35)27-25-23-21-19-17-14-12-10-8-6-4-2/h17,19,25,27,30-32,35-36H,3-16,18,20-24,26,28-29H2,1-2H3,(H,34,37)(H,38,39,40)/b19-17+,27-25+. The van der Waals surface area contributed by atoms with Gasteiger partial charge in [0.15, 0.2) is 0 Å². The molecule has 0 saturated heterocycles. The Bertz CT molecular complexity index is 768. The van der Waals surface area contributed by atoms with Crippen LogP contribution in [0, 0.1) is 0 Å². The van der Waals surface area contributed by atoms with Crippen molar-refractivity contribution in [3.8, 4) is 0 Å². The van der Waals surface area contributed by atoms with Crippen LogP contribution in [0.15, 0.2) is 24.3 Å². The summed E-state index contributed by atoms with van der Waals surface area (Å²) in [6, 6.07) is -1.24. The average Bonchev–Trinajstić information content (AvgIpc) is 2.92. The van der Waals surface area contributed by atoms with E-state index in [4.69, 9.17) is 0 Å². The zero-order chi connectivity index (χ0) is 30.6. The number of unbranched alkanes of at least 4 members (excludes halogenated alkanes) is 18. The molecular formula is C33H63NO6S. The van der Waals surface area contributed by atoms with Crippen LogP contribution in [0.4, 0.5) is 0 Å². The van der Waals surface area contributed by atoms with Crippen LogP contribution in [0.1, 0.15) is 155 Å². The molecule has 242 valence electrons. The summed E-state index contributed by atoms with van der Waals surface area (Å²) in [6.45, 7) is 4.44. The normalized spacial score (nSPS) is 14.6. The van der Waals surface area contributed by atoms with Gasteiger partial charge >= 0.3 is 0 Å². The third kappa shape index (κ3) is 27.4. The quantitative estimate of drug-likeness (QED) is 0.0394. The second-order valence-electron chi connectivity index (χ2n) is 11.6. The monoisotopic (exact) mass is 601 g/mol. The molecule has 0 heterocycles. The van der Waals surface area contributed by atoms with Gasteiger partial charge in [-0.1, -0.05) is 147 Å². The van der Waals surface area contributed by atoms with Crippen LogP contribution in [0.25, 0.3) is 0 Å². The van der Waals surface area contributed by atoms with Crippen LogP contribution in [0.2, 0.25) is 0 Å². The number of nitrogens with one attached hydrogen (secondary N) is 1. The van der Waals surface area contributed by atoms with Gasteiger partial charge < -0.3 is 15.5 Å². The fraction of sp³-hybridized carbons (Fsp3) is 0.848. The minimum Gasteiger partial charge on any atom is -0.387 e. The molecule has 4 N–H and O–H groups in total. The van der Waals surface area contributed by atoms with Gasteiger partial charge in [-0.25, -0.2) is 0 Å². The summed E-state index contributed by atoms with van der Waals surface area (Å²) in [6.07, 6.45) is 29.5. The molecule has 0 bridgehead atoms. The van der Waals surface area contributed by atoms with Crippen LogP contribution < -0.4 is 5.32 Å². The third-order valence-electron chi connectivity index (χ3n) is 7.49. The summed E-state index contributed by atoms with van der Waals surface area (Å²) < 4.78 is 32.2. The van der Waals surface area contributed by atoms with E-state index in [1.54, 1.807) is 6.08 Å². The highest BCUT2D eigenvalue weighted by Gasteiger charge is 2.27. The number of allylic oxidation sites excluding steroid dienone is 3. The minimum absolute atomic E-state index is 0.277. The molecule has 0 spiro atoms. The number of carbonyl (C=O) groups is 1. The van der Waals surface area contributed by atoms with Gasteiger partial charge in [0.1, 0.15) is 6.10 Å². The molecule has 41 heavy (non-hydrogen) atoms. The first-order valence-electron chi connectivity index (χ1n) is 16.6. The Hall–Kier alpha value is -1.22. The van der Waals surface area contributed by atoms with Crippen molar-refractivity contribution in [3.63, 3.8) is 0 Å². The molecule has 0 aromatic rings. The zero-order valence-corrected chi connectivity index (χ0v) is 27.1. The van der Waals surface area contributed by atoms with E-state index in [1.165, 1.54) is 96.0 Å². The minimum atomic E-state index is -4.44. The molecule has 0 aromatic carbocycles. The Kier molecular flexibility index (Phi) is 26.8. The van der Waals surface area contributed by atoms with E-state index in [2.05, 4.69) is 31.3 Å². The lowest BCUT2D eigenvalue weighted by molar-refractivity contribution is -0.130. The Balaban J connectivity index is 4.22. The Labute approximate surface area is 252 Å². The molecule has 3 atom stereocenters. The van der Waals surface area contributed by atoms with Gasteiger partial charge in [-0.3, -0.25) is 9.35 Å². The van der Waals surface area contributed by atoms with Crippen LogP contribution in [0.3, 0.4) is 0 Å². The molecule has 7 nitrogen and oxygen atoms in total. The summed E-state index contributed by atoms with van der Waals surface area (Å²) >= 11 is 0. The average molecular weight is 602 g/mol. The van der Waals surface area contributed by atoms with Crippen molar-refractivity contribution in [1.82, 2.24) is 5.32 Å². The van der Waals surface area contributed by atoms with Gasteiger partial charge in [0.05, 0.1) is 17.9 Å². The van der Waals surface area contributed by atoms with Crippen molar-refractivity contribution in [2.24, 2.45) is 0 Å². The van der Waals surface area contributed by atoms with Crippen LogP contribution in [-0.4, -0.2) is 53.1 Å². The van der Waals surface area contributed by atoms with Crippen molar-refractivity contribution in [2.75, 3.05) is 5.75 Å². The van der Waals surface area contributed by atoms with Crippen molar-refractivity contribution >= 4 is 16.0 Å². The fourth-order valence-electron chi connectivity index (χ4n) is 4.88. The van der Waals surface area contributed by atoms with E-state index in [0.29, 0.717) is 12.8 Å².